The average molecular weight is 1170 g/mol. The van der Waals surface area contributed by atoms with Crippen LogP contribution >= 0.6 is 0 Å². The summed E-state index contributed by atoms with van der Waals surface area (Å²) in [6, 6.07) is 0. The molecule has 0 fully saturated rings. The average Bonchev–Trinajstić information content (AvgIpc) is 3.49. The zero-order valence-corrected chi connectivity index (χ0v) is 56.5. The Morgan fingerprint density at radius 3 is 0.602 bits per heavy atom. The van der Waals surface area contributed by atoms with Gasteiger partial charge in [-0.2, -0.15) is 0 Å². The maximum Gasteiger partial charge on any atom is 0.306 e. The summed E-state index contributed by atoms with van der Waals surface area (Å²) in [5, 5.41) is 0. The molecule has 6 nitrogen and oxygen atoms in total. The molecule has 0 aliphatic carbocycles. The fourth-order valence-corrected chi connectivity index (χ4v) is 11.7. The van der Waals surface area contributed by atoms with Gasteiger partial charge >= 0.3 is 17.9 Å². The number of esters is 3. The van der Waals surface area contributed by atoms with E-state index >= 15 is 0 Å². The van der Waals surface area contributed by atoms with E-state index in [0.717, 1.165) is 57.8 Å². The molecule has 1 unspecified atom stereocenters. The first-order valence-electron chi connectivity index (χ1n) is 37.8. The van der Waals surface area contributed by atoms with Gasteiger partial charge < -0.3 is 14.2 Å². The van der Waals surface area contributed by atoms with Gasteiger partial charge in [-0.25, -0.2) is 0 Å². The van der Waals surface area contributed by atoms with Crippen LogP contribution in [0.2, 0.25) is 0 Å². The molecule has 0 saturated carbocycles. The molecule has 83 heavy (non-hydrogen) atoms. The molecule has 0 radical (unpaired) electrons. The first-order valence-corrected chi connectivity index (χ1v) is 37.8. The Balaban J connectivity index is 4.05. The fraction of sp³-hybridized carbons (Fsp3) is 0.909. The van der Waals surface area contributed by atoms with Crippen LogP contribution in [0.25, 0.3) is 0 Å². The van der Waals surface area contributed by atoms with E-state index < -0.39 is 6.10 Å². The highest BCUT2D eigenvalue weighted by molar-refractivity contribution is 5.71. The van der Waals surface area contributed by atoms with E-state index in [4.69, 9.17) is 14.2 Å². The Kier molecular flexibility index (Phi) is 70.5. The van der Waals surface area contributed by atoms with E-state index in [-0.39, 0.29) is 31.1 Å². The standard InChI is InChI=1S/C77H146O6/c1-4-7-10-13-16-19-22-25-27-29-31-32-33-34-35-36-37-38-39-40-41-42-43-44-45-46-47-49-50-52-55-58-61-64-67-70-76(79)82-73-74(72-81-75(78)69-66-63-60-57-54-24-21-18-15-12-9-6-3)83-77(80)71-68-65-62-59-56-53-51-48-30-28-26-23-20-17-14-11-8-5-2/h28-31,74H,4-27,32-73H2,1-3H3/b30-28-,31-29-. The second kappa shape index (κ2) is 72.4. The minimum absolute atomic E-state index is 0.0662. The molecule has 0 aromatic rings. The molecule has 0 aliphatic heterocycles. The van der Waals surface area contributed by atoms with Crippen LogP contribution < -0.4 is 0 Å². The molecule has 0 amide bonds. The van der Waals surface area contributed by atoms with Crippen LogP contribution in [-0.4, -0.2) is 37.2 Å². The van der Waals surface area contributed by atoms with Gasteiger partial charge in [0.1, 0.15) is 13.2 Å². The van der Waals surface area contributed by atoms with Crippen molar-refractivity contribution in [2.45, 2.75) is 438 Å². The lowest BCUT2D eigenvalue weighted by atomic mass is 10.0. The fourth-order valence-electron chi connectivity index (χ4n) is 11.7. The Morgan fingerprint density at radius 1 is 0.229 bits per heavy atom. The van der Waals surface area contributed by atoms with Gasteiger partial charge in [0.15, 0.2) is 6.10 Å². The van der Waals surface area contributed by atoms with Crippen molar-refractivity contribution in [1.29, 1.82) is 0 Å². The first-order chi connectivity index (χ1) is 41.0. The van der Waals surface area contributed by atoms with Gasteiger partial charge in [-0.1, -0.05) is 366 Å². The van der Waals surface area contributed by atoms with Crippen molar-refractivity contribution in [2.75, 3.05) is 13.2 Å². The van der Waals surface area contributed by atoms with E-state index in [0.29, 0.717) is 19.3 Å². The lowest BCUT2D eigenvalue weighted by molar-refractivity contribution is -0.167. The third kappa shape index (κ3) is 70.5. The minimum atomic E-state index is -0.770. The van der Waals surface area contributed by atoms with E-state index in [9.17, 15) is 14.4 Å². The number of carbonyl (C=O) groups is 3. The summed E-state index contributed by atoms with van der Waals surface area (Å²) in [5.74, 6) is -0.838. The number of carbonyl (C=O) groups excluding carboxylic acids is 3. The predicted molar refractivity (Wildman–Crippen MR) is 363 cm³/mol. The van der Waals surface area contributed by atoms with Gasteiger partial charge in [-0.15, -0.1) is 0 Å². The van der Waals surface area contributed by atoms with Crippen LogP contribution in [0.15, 0.2) is 24.3 Å². The smallest absolute Gasteiger partial charge is 0.306 e. The van der Waals surface area contributed by atoms with Crippen molar-refractivity contribution in [3.05, 3.63) is 24.3 Å². The van der Waals surface area contributed by atoms with Gasteiger partial charge in [0.2, 0.25) is 0 Å². The van der Waals surface area contributed by atoms with Crippen LogP contribution in [0.5, 0.6) is 0 Å². The maximum absolute atomic E-state index is 12.9. The summed E-state index contributed by atoms with van der Waals surface area (Å²) in [5.41, 5.74) is 0. The Labute approximate surface area is 519 Å². The van der Waals surface area contributed by atoms with Crippen molar-refractivity contribution < 1.29 is 28.6 Å². The summed E-state index contributed by atoms with van der Waals surface area (Å²) in [6.45, 7) is 6.71. The van der Waals surface area contributed by atoms with Crippen LogP contribution in [0, 0.1) is 0 Å². The SMILES string of the molecule is CCCCCCCCC/C=C\CCCCCCCCCC(=O)OC(COC(=O)CCCCCCCCCCCCCC)COC(=O)CCCCCCCCCCCCCCCCCCCCCCCCC/C=C\CCCCCCCCCC. The van der Waals surface area contributed by atoms with Crippen molar-refractivity contribution in [3.63, 3.8) is 0 Å². The van der Waals surface area contributed by atoms with Crippen molar-refractivity contribution in [1.82, 2.24) is 0 Å². The molecule has 0 N–H and O–H groups in total. The third-order valence-electron chi connectivity index (χ3n) is 17.4. The predicted octanol–water partition coefficient (Wildman–Crippen LogP) is 26.1. The highest BCUT2D eigenvalue weighted by atomic mass is 16.6. The molecule has 6 heteroatoms. The molecule has 0 spiro atoms. The van der Waals surface area contributed by atoms with Crippen LogP contribution in [0.1, 0.15) is 432 Å². The summed E-state index contributed by atoms with van der Waals surface area (Å²) < 4.78 is 17.0. The lowest BCUT2D eigenvalue weighted by Crippen LogP contribution is -2.30. The number of hydrogen-bond donors (Lipinski definition) is 0. The van der Waals surface area contributed by atoms with Crippen LogP contribution in [0.3, 0.4) is 0 Å². The lowest BCUT2D eigenvalue weighted by Gasteiger charge is -2.18. The van der Waals surface area contributed by atoms with Crippen molar-refractivity contribution in [2.24, 2.45) is 0 Å². The second-order valence-electron chi connectivity index (χ2n) is 25.9. The largest absolute Gasteiger partial charge is 0.462 e. The molecule has 490 valence electrons. The maximum atomic E-state index is 12.9. The Hall–Kier alpha value is -2.11. The number of rotatable bonds is 71. The summed E-state index contributed by atoms with van der Waals surface area (Å²) in [4.78, 5) is 38.4. The third-order valence-corrected chi connectivity index (χ3v) is 17.4. The molecule has 0 saturated heterocycles. The first kappa shape index (κ1) is 80.9. The molecule has 0 heterocycles. The second-order valence-corrected chi connectivity index (χ2v) is 25.9. The van der Waals surface area contributed by atoms with Crippen molar-refractivity contribution in [3.8, 4) is 0 Å². The molecule has 0 bridgehead atoms. The van der Waals surface area contributed by atoms with Gasteiger partial charge in [-0.05, 0) is 70.6 Å². The van der Waals surface area contributed by atoms with E-state index in [1.165, 1.54) is 334 Å². The van der Waals surface area contributed by atoms with E-state index in [1.807, 2.05) is 0 Å². The number of unbranched alkanes of at least 4 members (excludes halogenated alkanes) is 56. The molecule has 0 aromatic heterocycles. The molecule has 0 rings (SSSR count). The molecule has 1 atom stereocenters. The van der Waals surface area contributed by atoms with Crippen LogP contribution in [0.4, 0.5) is 0 Å². The number of ether oxygens (including phenoxy) is 3. The van der Waals surface area contributed by atoms with Gasteiger partial charge in [0.05, 0.1) is 0 Å². The minimum Gasteiger partial charge on any atom is -0.462 e. The highest BCUT2D eigenvalue weighted by Gasteiger charge is 2.20. The summed E-state index contributed by atoms with van der Waals surface area (Å²) in [6.07, 6.45) is 89.6. The summed E-state index contributed by atoms with van der Waals surface area (Å²) in [7, 11) is 0. The van der Waals surface area contributed by atoms with Gasteiger partial charge in [0.25, 0.3) is 0 Å². The van der Waals surface area contributed by atoms with E-state index in [1.54, 1.807) is 0 Å². The quantitative estimate of drug-likeness (QED) is 0.0261. The van der Waals surface area contributed by atoms with E-state index in [2.05, 4.69) is 45.1 Å². The van der Waals surface area contributed by atoms with Crippen LogP contribution in [-0.2, 0) is 28.6 Å². The zero-order chi connectivity index (χ0) is 59.9. The summed E-state index contributed by atoms with van der Waals surface area (Å²) >= 11 is 0. The highest BCUT2D eigenvalue weighted by Crippen LogP contribution is 2.19. The number of allylic oxidation sites excluding steroid dienone is 4. The monoisotopic (exact) mass is 1170 g/mol. The molecule has 0 aromatic carbocycles. The van der Waals surface area contributed by atoms with Gasteiger partial charge in [0, 0.05) is 19.3 Å². The van der Waals surface area contributed by atoms with Gasteiger partial charge in [-0.3, -0.25) is 14.4 Å². The topological polar surface area (TPSA) is 78.9 Å². The normalized spacial score (nSPS) is 12.1. The van der Waals surface area contributed by atoms with Crippen molar-refractivity contribution >= 4 is 17.9 Å². The molecular weight excluding hydrogens is 1020 g/mol. The molecular formula is C77H146O6. The number of hydrogen-bond acceptors (Lipinski definition) is 6. The molecule has 0 aliphatic rings. The Morgan fingerprint density at radius 2 is 0.398 bits per heavy atom. The Bertz CT molecular complexity index is 1340. The zero-order valence-electron chi connectivity index (χ0n) is 56.5.